The van der Waals surface area contributed by atoms with E-state index in [1.165, 1.54) is 0 Å². The summed E-state index contributed by atoms with van der Waals surface area (Å²) < 4.78 is 0. The Morgan fingerprint density at radius 3 is 2.47 bits per heavy atom. The second-order valence-corrected chi connectivity index (χ2v) is 5.28. The molecule has 1 rings (SSSR count). The molecule has 3 nitrogen and oxygen atoms in total. The van der Waals surface area contributed by atoms with Gasteiger partial charge in [-0.3, -0.25) is 4.79 Å². The summed E-state index contributed by atoms with van der Waals surface area (Å²) in [6, 6.07) is 0.205. The zero-order valence-corrected chi connectivity index (χ0v) is 10.4. The molecule has 15 heavy (non-hydrogen) atoms. The van der Waals surface area contributed by atoms with Crippen LogP contribution in [0.4, 0.5) is 0 Å². The molecule has 3 heteroatoms. The quantitative estimate of drug-likeness (QED) is 0.750. The second kappa shape index (κ2) is 4.97. The summed E-state index contributed by atoms with van der Waals surface area (Å²) in [5.74, 6) is 1.69. The first-order valence-electron chi connectivity index (χ1n) is 5.94. The molecule has 1 aliphatic rings. The van der Waals surface area contributed by atoms with E-state index in [1.807, 2.05) is 11.9 Å². The molecule has 1 fully saturated rings. The molecule has 3 atom stereocenters. The summed E-state index contributed by atoms with van der Waals surface area (Å²) >= 11 is 0. The fraction of sp³-hybridized carbons (Fsp3) is 0.917. The second-order valence-electron chi connectivity index (χ2n) is 5.28. The van der Waals surface area contributed by atoms with Crippen LogP contribution in [0.3, 0.4) is 0 Å². The zero-order chi connectivity index (χ0) is 11.6. The highest BCUT2D eigenvalue weighted by Gasteiger charge is 2.40. The molecule has 88 valence electrons. The number of carbonyl (C=O) groups excluding carboxylic acids is 1. The highest BCUT2D eigenvalue weighted by Crippen LogP contribution is 2.38. The molecule has 0 heterocycles. The number of nitrogens with two attached hydrogens (primary N) is 1. The van der Waals surface area contributed by atoms with Crippen LogP contribution < -0.4 is 5.73 Å². The molecule has 0 spiro atoms. The van der Waals surface area contributed by atoms with E-state index in [1.54, 1.807) is 0 Å². The molecule has 1 aliphatic carbocycles. The largest absolute Gasteiger partial charge is 0.345 e. The van der Waals surface area contributed by atoms with E-state index in [4.69, 9.17) is 5.73 Å². The van der Waals surface area contributed by atoms with Crippen molar-refractivity contribution in [2.45, 2.75) is 39.7 Å². The number of amides is 1. The Hall–Kier alpha value is -0.570. The van der Waals surface area contributed by atoms with Crippen molar-refractivity contribution >= 4 is 5.91 Å². The van der Waals surface area contributed by atoms with Gasteiger partial charge < -0.3 is 10.6 Å². The fourth-order valence-electron chi connectivity index (χ4n) is 1.74. The number of carbonyl (C=O) groups is 1. The summed E-state index contributed by atoms with van der Waals surface area (Å²) in [6.45, 7) is 7.17. The van der Waals surface area contributed by atoms with Crippen LogP contribution in [0.1, 0.15) is 33.6 Å². The van der Waals surface area contributed by atoms with Crippen molar-refractivity contribution in [3.05, 3.63) is 0 Å². The van der Waals surface area contributed by atoms with E-state index in [2.05, 4.69) is 20.8 Å². The highest BCUT2D eigenvalue weighted by molar-refractivity contribution is 5.81. The standard InChI is InChI=1S/C12H24N2O/c1-8(2)11(13)5-6-14(4)12(15)10-7-9(10)3/h8-11H,5-7,13H2,1-4H3/t9-,10-,11-/m1/s1. The van der Waals surface area contributed by atoms with Crippen molar-refractivity contribution in [1.82, 2.24) is 4.90 Å². The summed E-state index contributed by atoms with van der Waals surface area (Å²) in [7, 11) is 1.89. The molecule has 0 radical (unpaired) electrons. The van der Waals surface area contributed by atoms with Crippen LogP contribution in [0, 0.1) is 17.8 Å². The van der Waals surface area contributed by atoms with Gasteiger partial charge >= 0.3 is 0 Å². The van der Waals surface area contributed by atoms with E-state index in [-0.39, 0.29) is 6.04 Å². The smallest absolute Gasteiger partial charge is 0.225 e. The number of hydrogen-bond acceptors (Lipinski definition) is 2. The summed E-state index contributed by atoms with van der Waals surface area (Å²) in [5, 5.41) is 0. The third kappa shape index (κ3) is 3.49. The molecule has 0 aromatic heterocycles. The third-order valence-corrected chi connectivity index (χ3v) is 3.46. The summed E-state index contributed by atoms with van der Waals surface area (Å²) in [5.41, 5.74) is 5.95. The van der Waals surface area contributed by atoms with Crippen molar-refractivity contribution in [3.63, 3.8) is 0 Å². The summed E-state index contributed by atoms with van der Waals surface area (Å²) in [6.07, 6.45) is 1.97. The molecule has 0 aromatic carbocycles. The topological polar surface area (TPSA) is 46.3 Å². The van der Waals surface area contributed by atoms with Crippen molar-refractivity contribution in [1.29, 1.82) is 0 Å². The van der Waals surface area contributed by atoms with Crippen LogP contribution in [-0.2, 0) is 4.79 Å². The van der Waals surface area contributed by atoms with Gasteiger partial charge in [0.1, 0.15) is 0 Å². The van der Waals surface area contributed by atoms with Gasteiger partial charge in [-0.05, 0) is 24.7 Å². The molecular weight excluding hydrogens is 188 g/mol. The Morgan fingerprint density at radius 1 is 1.53 bits per heavy atom. The minimum atomic E-state index is 0.205. The van der Waals surface area contributed by atoms with Gasteiger partial charge in [-0.1, -0.05) is 20.8 Å². The van der Waals surface area contributed by atoms with Gasteiger partial charge in [-0.15, -0.1) is 0 Å². The van der Waals surface area contributed by atoms with Crippen molar-refractivity contribution in [2.24, 2.45) is 23.5 Å². The van der Waals surface area contributed by atoms with Gasteiger partial charge in [0.15, 0.2) is 0 Å². The summed E-state index contributed by atoms with van der Waals surface area (Å²) in [4.78, 5) is 13.6. The normalized spacial score (nSPS) is 26.5. The maximum Gasteiger partial charge on any atom is 0.225 e. The van der Waals surface area contributed by atoms with Crippen LogP contribution in [-0.4, -0.2) is 30.4 Å². The minimum absolute atomic E-state index is 0.205. The van der Waals surface area contributed by atoms with E-state index >= 15 is 0 Å². The Bertz CT molecular complexity index is 228. The minimum Gasteiger partial charge on any atom is -0.345 e. The third-order valence-electron chi connectivity index (χ3n) is 3.46. The zero-order valence-electron chi connectivity index (χ0n) is 10.4. The average molecular weight is 212 g/mol. The molecule has 1 saturated carbocycles. The van der Waals surface area contributed by atoms with Gasteiger partial charge in [-0.2, -0.15) is 0 Å². The maximum atomic E-state index is 11.8. The van der Waals surface area contributed by atoms with Gasteiger partial charge in [0.05, 0.1) is 0 Å². The van der Waals surface area contributed by atoms with Crippen LogP contribution in [0.25, 0.3) is 0 Å². The van der Waals surface area contributed by atoms with E-state index in [0.717, 1.165) is 19.4 Å². The first-order chi connectivity index (χ1) is 6.93. The van der Waals surface area contributed by atoms with Gasteiger partial charge in [0, 0.05) is 25.6 Å². The Labute approximate surface area is 93.0 Å². The Kier molecular flexibility index (Phi) is 4.14. The number of hydrogen-bond donors (Lipinski definition) is 1. The molecule has 0 aromatic rings. The fourth-order valence-corrected chi connectivity index (χ4v) is 1.74. The first kappa shape index (κ1) is 12.5. The first-order valence-corrected chi connectivity index (χ1v) is 5.94. The molecule has 2 N–H and O–H groups in total. The Morgan fingerprint density at radius 2 is 2.07 bits per heavy atom. The number of nitrogens with zero attached hydrogens (tertiary/aromatic N) is 1. The molecule has 0 unspecified atom stereocenters. The molecule has 1 amide bonds. The van der Waals surface area contributed by atoms with Gasteiger partial charge in [0.25, 0.3) is 0 Å². The van der Waals surface area contributed by atoms with Gasteiger partial charge in [0.2, 0.25) is 5.91 Å². The lowest BCUT2D eigenvalue weighted by molar-refractivity contribution is -0.131. The van der Waals surface area contributed by atoms with E-state index in [9.17, 15) is 4.79 Å². The van der Waals surface area contributed by atoms with Gasteiger partial charge in [-0.25, -0.2) is 0 Å². The molecule has 0 saturated heterocycles. The van der Waals surface area contributed by atoms with E-state index < -0.39 is 0 Å². The Balaban J connectivity index is 2.23. The van der Waals surface area contributed by atoms with Crippen LogP contribution in [0.15, 0.2) is 0 Å². The lowest BCUT2D eigenvalue weighted by Gasteiger charge is -2.21. The van der Waals surface area contributed by atoms with Crippen LogP contribution >= 0.6 is 0 Å². The number of rotatable bonds is 5. The highest BCUT2D eigenvalue weighted by atomic mass is 16.2. The lowest BCUT2D eigenvalue weighted by atomic mass is 10.0. The van der Waals surface area contributed by atoms with Crippen molar-refractivity contribution < 1.29 is 4.79 Å². The SMILES string of the molecule is CC(C)[C@H](N)CCN(C)C(=O)[C@@H]1C[C@H]1C. The molecule has 0 bridgehead atoms. The predicted molar refractivity (Wildman–Crippen MR) is 62.3 cm³/mol. The van der Waals surface area contributed by atoms with Crippen molar-refractivity contribution in [3.8, 4) is 0 Å². The monoisotopic (exact) mass is 212 g/mol. The predicted octanol–water partition coefficient (Wildman–Crippen LogP) is 1.47. The van der Waals surface area contributed by atoms with Crippen LogP contribution in [0.5, 0.6) is 0 Å². The molecular formula is C12H24N2O. The lowest BCUT2D eigenvalue weighted by Crippen LogP contribution is -2.35. The maximum absolute atomic E-state index is 11.8. The molecule has 0 aliphatic heterocycles. The van der Waals surface area contributed by atoms with Crippen LogP contribution in [0.2, 0.25) is 0 Å². The van der Waals surface area contributed by atoms with Crippen molar-refractivity contribution in [2.75, 3.05) is 13.6 Å². The van der Waals surface area contributed by atoms with E-state index in [0.29, 0.717) is 23.7 Å². The average Bonchev–Trinajstić information content (AvgIpc) is 2.89.